The summed E-state index contributed by atoms with van der Waals surface area (Å²) in [5, 5.41) is 4.74. The zero-order valence-corrected chi connectivity index (χ0v) is 17.5. The molecule has 3 saturated heterocycles. The fourth-order valence-electron chi connectivity index (χ4n) is 5.48. The Labute approximate surface area is 174 Å². The molecule has 3 heterocycles. The van der Waals surface area contributed by atoms with Crippen molar-refractivity contribution in [2.24, 2.45) is 10.8 Å². The average Bonchev–Trinajstić information content (AvgIpc) is 2.76. The van der Waals surface area contributed by atoms with Crippen LogP contribution in [-0.4, -0.2) is 82.7 Å². The van der Waals surface area contributed by atoms with E-state index in [2.05, 4.69) is 17.2 Å². The van der Waals surface area contributed by atoms with Crippen LogP contribution < -0.4 is 10.6 Å². The van der Waals surface area contributed by atoms with Crippen molar-refractivity contribution in [3.63, 3.8) is 0 Å². The molecule has 4 atom stereocenters. The minimum absolute atomic E-state index is 0.0836. The predicted molar refractivity (Wildman–Crippen MR) is 105 cm³/mol. The van der Waals surface area contributed by atoms with Crippen molar-refractivity contribution in [3.05, 3.63) is 12.2 Å². The molecule has 7 amide bonds. The maximum absolute atomic E-state index is 12.8. The third-order valence-electron chi connectivity index (χ3n) is 7.48. The summed E-state index contributed by atoms with van der Waals surface area (Å²) in [6.07, 6.45) is 0.862. The van der Waals surface area contributed by atoms with Crippen LogP contribution in [0.2, 0.25) is 0 Å². The minimum atomic E-state index is -1.17. The van der Waals surface area contributed by atoms with Gasteiger partial charge in [-0.1, -0.05) is 5.57 Å². The Morgan fingerprint density at radius 1 is 0.900 bits per heavy atom. The molecule has 0 aromatic carbocycles. The molecule has 4 unspecified atom stereocenters. The molecule has 162 valence electrons. The zero-order valence-electron chi connectivity index (χ0n) is 17.5. The van der Waals surface area contributed by atoms with Gasteiger partial charge in [-0.3, -0.25) is 25.0 Å². The number of nitrogens with zero attached hydrogens (tertiary/aromatic N) is 3. The Bertz CT molecular complexity index is 831. The molecule has 4 fully saturated rings. The van der Waals surface area contributed by atoms with Crippen molar-refractivity contribution >= 4 is 29.8 Å². The molecule has 10 nitrogen and oxygen atoms in total. The molecule has 0 spiro atoms. The van der Waals surface area contributed by atoms with Gasteiger partial charge in [0.15, 0.2) is 0 Å². The van der Waals surface area contributed by atoms with Crippen LogP contribution in [0.25, 0.3) is 0 Å². The molecule has 2 N–H and O–H groups in total. The standard InChI is InChI=1S/C20H27N5O5/c1-11(2)5-6-12(26)23-7-9-24-13-14-20(4,19(13,3)15(27)21-17(24)29)16(28)22-18(30)25(14)10-8-23/h13-14H,1,5-10H2,2-4H3,(H,21,27,29)(H,22,28,30). The van der Waals surface area contributed by atoms with Gasteiger partial charge in [0.05, 0.1) is 22.9 Å². The zero-order chi connectivity index (χ0) is 22.0. The number of hydrogen-bond donors (Lipinski definition) is 2. The second-order valence-electron chi connectivity index (χ2n) is 9.04. The lowest BCUT2D eigenvalue weighted by atomic mass is 9.42. The number of fused-ring (bicyclic) bond motifs is 1. The second-order valence-corrected chi connectivity index (χ2v) is 9.04. The molecule has 4 aliphatic rings. The van der Waals surface area contributed by atoms with E-state index in [-0.39, 0.29) is 32.1 Å². The largest absolute Gasteiger partial charge is 0.339 e. The fourth-order valence-corrected chi connectivity index (χ4v) is 5.48. The van der Waals surface area contributed by atoms with Crippen molar-refractivity contribution in [1.82, 2.24) is 25.3 Å². The first-order chi connectivity index (χ1) is 14.0. The highest BCUT2D eigenvalue weighted by atomic mass is 16.2. The monoisotopic (exact) mass is 417 g/mol. The molecular weight excluding hydrogens is 390 g/mol. The van der Waals surface area contributed by atoms with Gasteiger partial charge < -0.3 is 14.7 Å². The first kappa shape index (κ1) is 20.4. The topological polar surface area (TPSA) is 119 Å². The van der Waals surface area contributed by atoms with Crippen molar-refractivity contribution in [2.75, 3.05) is 26.2 Å². The molecule has 30 heavy (non-hydrogen) atoms. The Morgan fingerprint density at radius 2 is 1.33 bits per heavy atom. The highest BCUT2D eigenvalue weighted by Crippen LogP contribution is 2.63. The molecule has 3 aliphatic heterocycles. The van der Waals surface area contributed by atoms with Crippen LogP contribution in [-0.2, 0) is 14.4 Å². The van der Waals surface area contributed by atoms with Gasteiger partial charge in [-0.25, -0.2) is 9.59 Å². The summed E-state index contributed by atoms with van der Waals surface area (Å²) < 4.78 is 0. The maximum atomic E-state index is 12.8. The quantitative estimate of drug-likeness (QED) is 0.629. The van der Waals surface area contributed by atoms with Gasteiger partial charge in [-0.15, -0.1) is 6.58 Å². The van der Waals surface area contributed by atoms with Gasteiger partial charge in [0.1, 0.15) is 0 Å². The van der Waals surface area contributed by atoms with E-state index in [0.29, 0.717) is 12.8 Å². The lowest BCUT2D eigenvalue weighted by Gasteiger charge is -2.71. The summed E-state index contributed by atoms with van der Waals surface area (Å²) >= 11 is 0. The Morgan fingerprint density at radius 3 is 1.73 bits per heavy atom. The van der Waals surface area contributed by atoms with E-state index >= 15 is 0 Å². The van der Waals surface area contributed by atoms with Crippen LogP contribution in [0, 0.1) is 10.8 Å². The number of urea groups is 2. The summed E-state index contributed by atoms with van der Waals surface area (Å²) in [4.78, 5) is 68.4. The molecule has 1 saturated carbocycles. The highest BCUT2D eigenvalue weighted by Gasteiger charge is 2.80. The van der Waals surface area contributed by atoms with Gasteiger partial charge in [-0.2, -0.15) is 0 Å². The van der Waals surface area contributed by atoms with Crippen molar-refractivity contribution in [2.45, 2.75) is 45.7 Å². The van der Waals surface area contributed by atoms with Crippen molar-refractivity contribution < 1.29 is 24.0 Å². The van der Waals surface area contributed by atoms with Crippen LogP contribution in [0.4, 0.5) is 9.59 Å². The first-order valence-electron chi connectivity index (χ1n) is 10.2. The lowest BCUT2D eigenvalue weighted by molar-refractivity contribution is -0.212. The fraction of sp³-hybridized carbons (Fsp3) is 0.650. The Hall–Kier alpha value is -2.91. The smallest absolute Gasteiger partial charge is 0.324 e. The van der Waals surface area contributed by atoms with E-state index in [0.717, 1.165) is 5.57 Å². The number of amides is 7. The molecule has 0 aromatic heterocycles. The SMILES string of the molecule is C=C(C)CCC(=O)N1CCN2C(=O)NC(=O)C3(C)C2C2N(CC1)C(=O)NC(=O)C23C. The van der Waals surface area contributed by atoms with Crippen LogP contribution in [0.3, 0.4) is 0 Å². The van der Waals surface area contributed by atoms with Gasteiger partial charge in [-0.05, 0) is 27.2 Å². The molecule has 0 radical (unpaired) electrons. The first-order valence-corrected chi connectivity index (χ1v) is 10.2. The molecule has 10 heteroatoms. The highest BCUT2D eigenvalue weighted by molar-refractivity contribution is 6.10. The van der Waals surface area contributed by atoms with Crippen LogP contribution >= 0.6 is 0 Å². The number of rotatable bonds is 3. The lowest BCUT2D eigenvalue weighted by Crippen LogP contribution is -2.91. The van der Waals surface area contributed by atoms with E-state index in [1.54, 1.807) is 18.7 Å². The van der Waals surface area contributed by atoms with Gasteiger partial charge in [0, 0.05) is 32.6 Å². The number of hydrogen-bond acceptors (Lipinski definition) is 5. The number of allylic oxidation sites excluding steroid dienone is 1. The number of nitrogens with one attached hydrogen (secondary N) is 2. The molecular formula is C20H27N5O5. The normalized spacial score (nSPS) is 35.4. The third-order valence-corrected chi connectivity index (χ3v) is 7.48. The number of imide groups is 2. The third kappa shape index (κ3) is 2.45. The number of carbonyl (C=O) groups is 5. The van der Waals surface area contributed by atoms with Gasteiger partial charge in [0.2, 0.25) is 17.7 Å². The summed E-state index contributed by atoms with van der Waals surface area (Å²) in [5.74, 6) is -1.10. The Balaban J connectivity index is 1.71. The van der Waals surface area contributed by atoms with Crippen molar-refractivity contribution in [1.29, 1.82) is 0 Å². The predicted octanol–water partition coefficient (Wildman–Crippen LogP) is 0.0519. The van der Waals surface area contributed by atoms with E-state index in [9.17, 15) is 24.0 Å². The van der Waals surface area contributed by atoms with Crippen LogP contribution in [0.1, 0.15) is 33.6 Å². The summed E-state index contributed by atoms with van der Waals surface area (Å²) in [5.41, 5.74) is -1.44. The molecule has 0 aromatic rings. The van der Waals surface area contributed by atoms with E-state index in [1.165, 1.54) is 9.80 Å². The van der Waals surface area contributed by atoms with E-state index < -0.39 is 46.8 Å². The minimum Gasteiger partial charge on any atom is -0.339 e. The molecule has 4 rings (SSSR count). The molecule has 1 aliphatic carbocycles. The average molecular weight is 417 g/mol. The van der Waals surface area contributed by atoms with Crippen molar-refractivity contribution in [3.8, 4) is 0 Å². The summed E-state index contributed by atoms with van der Waals surface area (Å²) in [7, 11) is 0. The van der Waals surface area contributed by atoms with Gasteiger partial charge in [0.25, 0.3) is 0 Å². The summed E-state index contributed by atoms with van der Waals surface area (Å²) in [6, 6.07) is -2.35. The summed E-state index contributed by atoms with van der Waals surface area (Å²) in [6.45, 7) is 10.0. The van der Waals surface area contributed by atoms with E-state index in [4.69, 9.17) is 0 Å². The maximum Gasteiger partial charge on any atom is 0.324 e. The van der Waals surface area contributed by atoms with E-state index in [1.807, 2.05) is 6.92 Å². The van der Waals surface area contributed by atoms with Gasteiger partial charge >= 0.3 is 12.1 Å². The van der Waals surface area contributed by atoms with Crippen LogP contribution in [0.5, 0.6) is 0 Å². The Kier molecular flexibility index (Phi) is 4.44. The van der Waals surface area contributed by atoms with Crippen LogP contribution in [0.15, 0.2) is 12.2 Å². The number of carbonyl (C=O) groups excluding carboxylic acids is 5. The second kappa shape index (κ2) is 6.55. The molecule has 0 bridgehead atoms.